The molecule has 0 saturated carbocycles. The predicted octanol–water partition coefficient (Wildman–Crippen LogP) is 1.87. The largest absolute Gasteiger partial charge is 0.471 e. The Balaban J connectivity index is 1.90. The maximum Gasteiger partial charge on any atom is 0.471 e. The van der Waals surface area contributed by atoms with Crippen LogP contribution in [0.5, 0.6) is 0 Å². The van der Waals surface area contributed by atoms with E-state index in [2.05, 4.69) is 0 Å². The minimum absolute atomic E-state index is 0.109. The molecule has 144 valence electrons. The molecule has 2 aliphatic rings. The number of carbonyl (C=O) groups is 2. The summed E-state index contributed by atoms with van der Waals surface area (Å²) < 4.78 is 37.7. The van der Waals surface area contributed by atoms with Crippen LogP contribution in [-0.4, -0.2) is 47.8 Å². The van der Waals surface area contributed by atoms with Gasteiger partial charge < -0.3 is 16.0 Å². The first-order valence-electron chi connectivity index (χ1n) is 7.95. The number of hydrogen-bond acceptors (Lipinski definition) is 4. The van der Waals surface area contributed by atoms with Crippen molar-refractivity contribution < 1.29 is 22.8 Å². The number of amides is 3. The highest BCUT2D eigenvalue weighted by atomic mass is 35.5. The van der Waals surface area contributed by atoms with Crippen LogP contribution in [0.4, 0.5) is 23.7 Å². The molecule has 11 heteroatoms. The molecule has 0 aromatic heterocycles. The van der Waals surface area contributed by atoms with Crippen LogP contribution in [0, 0.1) is 18.3 Å². The van der Waals surface area contributed by atoms with Gasteiger partial charge in [-0.3, -0.25) is 9.69 Å². The van der Waals surface area contributed by atoms with Gasteiger partial charge in [-0.15, -0.1) is 0 Å². The summed E-state index contributed by atoms with van der Waals surface area (Å²) in [5.41, 5.74) is 5.90. The first kappa shape index (κ1) is 19.3. The van der Waals surface area contributed by atoms with E-state index in [0.29, 0.717) is 11.3 Å². The van der Waals surface area contributed by atoms with Crippen molar-refractivity contribution in [1.29, 1.82) is 5.26 Å². The number of nitrogens with one attached hydrogen (secondary N) is 1. The Labute approximate surface area is 157 Å². The monoisotopic (exact) mass is 401 g/mol. The fourth-order valence-electron chi connectivity index (χ4n) is 3.52. The van der Waals surface area contributed by atoms with Gasteiger partial charge in [-0.2, -0.15) is 18.4 Å². The van der Waals surface area contributed by atoms with Gasteiger partial charge in [-0.05, 0) is 31.0 Å². The zero-order valence-electron chi connectivity index (χ0n) is 14.1. The molecule has 27 heavy (non-hydrogen) atoms. The molecule has 2 fully saturated rings. The minimum atomic E-state index is -5.04. The Morgan fingerprint density at radius 1 is 1.48 bits per heavy atom. The molecule has 7 nitrogen and oxygen atoms in total. The standard InChI is InChI=1S/C16H15ClF3N5O2/c1-8-10(3-2-9(6-21)12(8)17)24-7-15(22)11(4-5-25(15)14(24)27)23-13(26)16(18,19)20/h2-3,11H,4-5,7,22H2,1H3,(H,23,26)/t11?,15-/m1/s1. The van der Waals surface area contributed by atoms with E-state index in [9.17, 15) is 22.8 Å². The fraction of sp³-hybridized carbons (Fsp3) is 0.438. The van der Waals surface area contributed by atoms with Gasteiger partial charge in [0.2, 0.25) is 0 Å². The van der Waals surface area contributed by atoms with Gasteiger partial charge in [0.15, 0.2) is 0 Å². The summed E-state index contributed by atoms with van der Waals surface area (Å²) in [6.07, 6.45) is -4.92. The van der Waals surface area contributed by atoms with Crippen LogP contribution in [0.1, 0.15) is 17.5 Å². The van der Waals surface area contributed by atoms with E-state index in [0.717, 1.165) is 0 Å². The van der Waals surface area contributed by atoms with E-state index in [1.807, 2.05) is 11.4 Å². The van der Waals surface area contributed by atoms with Gasteiger partial charge in [0.25, 0.3) is 0 Å². The Morgan fingerprint density at radius 3 is 2.74 bits per heavy atom. The SMILES string of the molecule is Cc1c(N2C[C@]3(N)C(NC(=O)C(F)(F)F)CCN3C2=O)ccc(C#N)c1Cl. The lowest BCUT2D eigenvalue weighted by Gasteiger charge is -2.32. The van der Waals surface area contributed by atoms with Crippen molar-refractivity contribution in [3.63, 3.8) is 0 Å². The molecule has 0 spiro atoms. The van der Waals surface area contributed by atoms with Crippen molar-refractivity contribution in [1.82, 2.24) is 10.2 Å². The third-order valence-electron chi connectivity index (χ3n) is 4.95. The first-order valence-corrected chi connectivity index (χ1v) is 8.33. The maximum absolute atomic E-state index is 12.8. The summed E-state index contributed by atoms with van der Waals surface area (Å²) in [7, 11) is 0. The second-order valence-electron chi connectivity index (χ2n) is 6.51. The molecule has 1 aromatic carbocycles. The molecule has 2 heterocycles. The molecule has 2 saturated heterocycles. The lowest BCUT2D eigenvalue weighted by Crippen LogP contribution is -2.63. The summed E-state index contributed by atoms with van der Waals surface area (Å²) in [6.45, 7) is 1.61. The molecule has 1 aromatic rings. The number of nitrogens with two attached hydrogens (primary N) is 1. The van der Waals surface area contributed by atoms with E-state index in [4.69, 9.17) is 22.6 Å². The second kappa shape index (κ2) is 6.28. The zero-order chi connectivity index (χ0) is 20.1. The van der Waals surface area contributed by atoms with E-state index < -0.39 is 29.8 Å². The first-order chi connectivity index (χ1) is 12.5. The molecule has 0 radical (unpaired) electrons. The molecular formula is C16H15ClF3N5O2. The summed E-state index contributed by atoms with van der Waals surface area (Å²) in [6, 6.07) is 3.38. The summed E-state index contributed by atoms with van der Waals surface area (Å²) >= 11 is 6.14. The van der Waals surface area contributed by atoms with Gasteiger partial charge in [-0.25, -0.2) is 4.79 Å². The third-order valence-corrected chi connectivity index (χ3v) is 5.44. The zero-order valence-corrected chi connectivity index (χ0v) is 14.9. The van der Waals surface area contributed by atoms with Crippen molar-refractivity contribution >= 4 is 29.2 Å². The molecule has 3 amide bonds. The smallest absolute Gasteiger partial charge is 0.342 e. The highest BCUT2D eigenvalue weighted by Crippen LogP contribution is 2.39. The van der Waals surface area contributed by atoms with Crippen molar-refractivity contribution in [3.05, 3.63) is 28.3 Å². The highest BCUT2D eigenvalue weighted by Gasteiger charge is 2.57. The Hall–Kier alpha value is -2.51. The molecule has 0 aliphatic carbocycles. The van der Waals surface area contributed by atoms with Crippen LogP contribution in [0.25, 0.3) is 0 Å². The number of rotatable bonds is 2. The Kier molecular flexibility index (Phi) is 4.48. The van der Waals surface area contributed by atoms with Gasteiger partial charge in [-0.1, -0.05) is 11.6 Å². The van der Waals surface area contributed by atoms with Crippen molar-refractivity contribution in [2.24, 2.45) is 5.73 Å². The van der Waals surface area contributed by atoms with Crippen LogP contribution in [0.15, 0.2) is 12.1 Å². The average molecular weight is 402 g/mol. The number of carbonyl (C=O) groups excluding carboxylic acids is 2. The van der Waals surface area contributed by atoms with Crippen LogP contribution in [-0.2, 0) is 4.79 Å². The second-order valence-corrected chi connectivity index (χ2v) is 6.89. The highest BCUT2D eigenvalue weighted by molar-refractivity contribution is 6.33. The van der Waals surface area contributed by atoms with E-state index in [1.165, 1.54) is 21.9 Å². The number of benzene rings is 1. The Morgan fingerprint density at radius 2 is 2.15 bits per heavy atom. The van der Waals surface area contributed by atoms with Gasteiger partial charge in [0.05, 0.1) is 28.9 Å². The number of alkyl halides is 3. The third kappa shape index (κ3) is 2.96. The number of fused-ring (bicyclic) bond motifs is 1. The molecule has 0 bridgehead atoms. The normalized spacial score (nSPS) is 24.8. The number of nitriles is 1. The molecular weight excluding hydrogens is 387 g/mol. The number of urea groups is 1. The van der Waals surface area contributed by atoms with Crippen molar-refractivity contribution in [2.75, 3.05) is 18.0 Å². The molecule has 1 unspecified atom stereocenters. The maximum atomic E-state index is 12.8. The van der Waals surface area contributed by atoms with Crippen LogP contribution >= 0.6 is 11.6 Å². The van der Waals surface area contributed by atoms with Crippen LogP contribution < -0.4 is 16.0 Å². The predicted molar refractivity (Wildman–Crippen MR) is 89.9 cm³/mol. The lowest BCUT2D eigenvalue weighted by molar-refractivity contribution is -0.174. The molecule has 3 N–H and O–H groups in total. The summed E-state index contributed by atoms with van der Waals surface area (Å²) in [4.78, 5) is 26.6. The quantitative estimate of drug-likeness (QED) is 0.789. The van der Waals surface area contributed by atoms with E-state index in [-0.39, 0.29) is 30.1 Å². The average Bonchev–Trinajstić information content (AvgIpc) is 3.03. The van der Waals surface area contributed by atoms with Gasteiger partial charge in [0.1, 0.15) is 11.7 Å². The van der Waals surface area contributed by atoms with Crippen LogP contribution in [0.3, 0.4) is 0 Å². The number of halogens is 4. The topological polar surface area (TPSA) is 102 Å². The van der Waals surface area contributed by atoms with E-state index in [1.54, 1.807) is 6.92 Å². The summed E-state index contributed by atoms with van der Waals surface area (Å²) in [5, 5.41) is 11.1. The van der Waals surface area contributed by atoms with Gasteiger partial charge >= 0.3 is 18.1 Å². The minimum Gasteiger partial charge on any atom is -0.342 e. The summed E-state index contributed by atoms with van der Waals surface area (Å²) in [5.74, 6) is -2.09. The molecule has 2 atom stereocenters. The molecule has 2 aliphatic heterocycles. The van der Waals surface area contributed by atoms with Crippen molar-refractivity contribution in [3.8, 4) is 6.07 Å². The molecule has 3 rings (SSSR count). The number of hydrogen-bond donors (Lipinski definition) is 2. The number of anilines is 1. The van der Waals surface area contributed by atoms with E-state index >= 15 is 0 Å². The van der Waals surface area contributed by atoms with Gasteiger partial charge in [0, 0.05) is 6.54 Å². The Bertz CT molecular complexity index is 869. The number of nitrogens with zero attached hydrogens (tertiary/aromatic N) is 3. The lowest BCUT2D eigenvalue weighted by atomic mass is 10.0. The fourth-order valence-corrected chi connectivity index (χ4v) is 3.72. The van der Waals surface area contributed by atoms with Crippen LogP contribution in [0.2, 0.25) is 5.02 Å². The van der Waals surface area contributed by atoms with Crippen molar-refractivity contribution in [2.45, 2.75) is 31.2 Å².